The second-order valence-corrected chi connectivity index (χ2v) is 9.68. The van der Waals surface area contributed by atoms with Crippen LogP contribution in [0.15, 0.2) is 64.2 Å². The van der Waals surface area contributed by atoms with E-state index in [1.165, 1.54) is 23.5 Å². The van der Waals surface area contributed by atoms with E-state index in [9.17, 15) is 9.18 Å². The molecule has 0 aliphatic carbocycles. The molecule has 0 bridgehead atoms. The van der Waals surface area contributed by atoms with Crippen molar-refractivity contribution in [3.8, 4) is 0 Å². The van der Waals surface area contributed by atoms with E-state index in [2.05, 4.69) is 35.3 Å². The molecule has 7 heteroatoms. The molecule has 0 spiro atoms. The van der Waals surface area contributed by atoms with Gasteiger partial charge in [0.2, 0.25) is 0 Å². The van der Waals surface area contributed by atoms with Gasteiger partial charge < -0.3 is 19.5 Å². The standard InChI is InChI=1S/C30H41FN4O2/c1-5-8-27(33-19-23-12-14-34(3)15-13-23)20-32-18-24-10-7-11-25(16-24)21-35-22-26(17-28(31)30(35)36)29(37-4)9-6-2/h7-11,16-17,20,22-23,33H,5-6,12-15,18-19,21H2,1-4H3/b27-8+,29-9-,32-20?. The molecule has 1 fully saturated rings. The summed E-state index contributed by atoms with van der Waals surface area (Å²) < 4.78 is 21.2. The number of hydrogen-bond acceptors (Lipinski definition) is 5. The molecule has 2 heterocycles. The number of methoxy groups -OCH3 is 1. The number of pyridine rings is 1. The first-order valence-electron chi connectivity index (χ1n) is 13.3. The molecule has 1 aromatic carbocycles. The molecule has 0 amide bonds. The zero-order chi connectivity index (χ0) is 26.6. The van der Waals surface area contributed by atoms with Gasteiger partial charge in [0.05, 0.1) is 20.2 Å². The van der Waals surface area contributed by atoms with Gasteiger partial charge in [0.1, 0.15) is 5.76 Å². The molecule has 1 aromatic heterocycles. The first kappa shape index (κ1) is 28.4. The number of benzene rings is 1. The topological polar surface area (TPSA) is 58.9 Å². The van der Waals surface area contributed by atoms with Crippen molar-refractivity contribution in [1.29, 1.82) is 0 Å². The number of ether oxygens (including phenoxy) is 1. The number of likely N-dealkylation sites (tertiary alicyclic amines) is 1. The fourth-order valence-corrected chi connectivity index (χ4v) is 4.55. The highest BCUT2D eigenvalue weighted by Crippen LogP contribution is 2.17. The molecule has 1 aliphatic rings. The molecular weight excluding hydrogens is 467 g/mol. The molecule has 1 N–H and O–H groups in total. The van der Waals surface area contributed by atoms with E-state index in [1.54, 1.807) is 13.3 Å². The maximum absolute atomic E-state index is 14.4. The zero-order valence-electron chi connectivity index (χ0n) is 22.7. The van der Waals surface area contributed by atoms with Crippen LogP contribution in [-0.4, -0.2) is 49.5 Å². The highest BCUT2D eigenvalue weighted by Gasteiger charge is 2.16. The zero-order valence-corrected chi connectivity index (χ0v) is 22.7. The summed E-state index contributed by atoms with van der Waals surface area (Å²) >= 11 is 0. The summed E-state index contributed by atoms with van der Waals surface area (Å²) in [5.41, 5.74) is 2.91. The fourth-order valence-electron chi connectivity index (χ4n) is 4.55. The Bertz CT molecular complexity index is 1160. The predicted molar refractivity (Wildman–Crippen MR) is 150 cm³/mol. The van der Waals surface area contributed by atoms with Crippen molar-refractivity contribution in [1.82, 2.24) is 14.8 Å². The monoisotopic (exact) mass is 508 g/mol. The van der Waals surface area contributed by atoms with Gasteiger partial charge in [-0.25, -0.2) is 4.39 Å². The molecule has 0 unspecified atom stereocenters. The highest BCUT2D eigenvalue weighted by atomic mass is 19.1. The Hall–Kier alpha value is -3.19. The van der Waals surface area contributed by atoms with Crippen molar-refractivity contribution in [3.05, 3.63) is 87.2 Å². The summed E-state index contributed by atoms with van der Waals surface area (Å²) in [4.78, 5) is 19.5. The Balaban J connectivity index is 1.65. The van der Waals surface area contributed by atoms with E-state index in [0.717, 1.165) is 49.3 Å². The number of nitrogens with one attached hydrogen (secondary N) is 1. The van der Waals surface area contributed by atoms with E-state index in [4.69, 9.17) is 4.74 Å². The van der Waals surface area contributed by atoms with Crippen molar-refractivity contribution in [2.45, 2.75) is 52.6 Å². The third-order valence-electron chi connectivity index (χ3n) is 6.64. The number of piperidine rings is 1. The molecule has 3 rings (SSSR count). The normalized spacial score (nSPS) is 15.9. The number of rotatable bonds is 12. The van der Waals surface area contributed by atoms with Crippen molar-refractivity contribution in [2.75, 3.05) is 33.8 Å². The van der Waals surface area contributed by atoms with Gasteiger partial charge in [-0.15, -0.1) is 0 Å². The summed E-state index contributed by atoms with van der Waals surface area (Å²) in [7, 11) is 3.73. The van der Waals surface area contributed by atoms with E-state index in [0.29, 0.717) is 23.8 Å². The molecule has 1 saturated heterocycles. The Kier molecular flexibility index (Phi) is 11.1. The number of halogens is 1. The average Bonchev–Trinajstić information content (AvgIpc) is 2.89. The largest absolute Gasteiger partial charge is 0.496 e. The van der Waals surface area contributed by atoms with Crippen LogP contribution in [0.5, 0.6) is 0 Å². The van der Waals surface area contributed by atoms with Crippen LogP contribution in [0.3, 0.4) is 0 Å². The van der Waals surface area contributed by atoms with Gasteiger partial charge in [0.15, 0.2) is 5.82 Å². The maximum atomic E-state index is 14.4. The Morgan fingerprint density at radius 2 is 1.89 bits per heavy atom. The third kappa shape index (κ3) is 8.71. The molecule has 0 atom stereocenters. The molecule has 1 aliphatic heterocycles. The lowest BCUT2D eigenvalue weighted by atomic mass is 9.97. The summed E-state index contributed by atoms with van der Waals surface area (Å²) in [6.07, 6.45) is 11.8. The quantitative estimate of drug-likeness (QED) is 0.315. The third-order valence-corrected chi connectivity index (χ3v) is 6.64. The van der Waals surface area contributed by atoms with Crippen molar-refractivity contribution in [2.24, 2.45) is 10.9 Å². The molecule has 0 saturated carbocycles. The minimum absolute atomic E-state index is 0.267. The first-order chi connectivity index (χ1) is 17.9. The van der Waals surface area contributed by atoms with Crippen LogP contribution < -0.4 is 10.9 Å². The van der Waals surface area contributed by atoms with Crippen molar-refractivity contribution in [3.63, 3.8) is 0 Å². The average molecular weight is 509 g/mol. The summed E-state index contributed by atoms with van der Waals surface area (Å²) in [6, 6.07) is 9.15. The lowest BCUT2D eigenvalue weighted by Crippen LogP contribution is -2.34. The molecule has 6 nitrogen and oxygen atoms in total. The van der Waals surface area contributed by atoms with Gasteiger partial charge in [0, 0.05) is 30.2 Å². The van der Waals surface area contributed by atoms with Crippen LogP contribution in [0.1, 0.15) is 56.2 Å². The molecule has 0 radical (unpaired) electrons. The van der Waals surface area contributed by atoms with Crippen LogP contribution in [0, 0.1) is 11.7 Å². The molecule has 200 valence electrons. The summed E-state index contributed by atoms with van der Waals surface area (Å²) in [5, 5.41) is 3.58. The maximum Gasteiger partial charge on any atom is 0.286 e. The Morgan fingerprint density at radius 1 is 1.16 bits per heavy atom. The minimum Gasteiger partial charge on any atom is -0.496 e. The second-order valence-electron chi connectivity index (χ2n) is 9.68. The first-order valence-corrected chi connectivity index (χ1v) is 13.3. The summed E-state index contributed by atoms with van der Waals surface area (Å²) in [6.45, 7) is 8.20. The van der Waals surface area contributed by atoms with Gasteiger partial charge in [-0.2, -0.15) is 0 Å². The van der Waals surface area contributed by atoms with Crippen LogP contribution in [-0.2, 0) is 17.8 Å². The number of hydrogen-bond donors (Lipinski definition) is 1. The number of aliphatic imine (C=N–C) groups is 1. The predicted octanol–water partition coefficient (Wildman–Crippen LogP) is 5.23. The number of allylic oxidation sites excluding steroid dienone is 3. The number of nitrogens with zero attached hydrogens (tertiary/aromatic N) is 3. The Labute approximate surface area is 220 Å². The Morgan fingerprint density at radius 3 is 2.59 bits per heavy atom. The smallest absolute Gasteiger partial charge is 0.286 e. The second kappa shape index (κ2) is 14.5. The van der Waals surface area contributed by atoms with Gasteiger partial charge in [0.25, 0.3) is 5.56 Å². The van der Waals surface area contributed by atoms with Crippen LogP contribution in [0.25, 0.3) is 5.76 Å². The van der Waals surface area contributed by atoms with Crippen molar-refractivity contribution < 1.29 is 9.13 Å². The number of aromatic nitrogens is 1. The van der Waals surface area contributed by atoms with Gasteiger partial charge in [-0.1, -0.05) is 44.2 Å². The molecule has 2 aromatic rings. The van der Waals surface area contributed by atoms with Crippen LogP contribution in [0.2, 0.25) is 0 Å². The van der Waals surface area contributed by atoms with Gasteiger partial charge in [-0.05, 0) is 75.0 Å². The molecule has 37 heavy (non-hydrogen) atoms. The fraction of sp³-hybridized carbons (Fsp3) is 0.467. The lowest BCUT2D eigenvalue weighted by molar-refractivity contribution is 0.219. The van der Waals surface area contributed by atoms with E-state index in [1.807, 2.05) is 43.5 Å². The van der Waals surface area contributed by atoms with E-state index >= 15 is 0 Å². The van der Waals surface area contributed by atoms with E-state index in [-0.39, 0.29) is 6.54 Å². The van der Waals surface area contributed by atoms with E-state index < -0.39 is 11.4 Å². The van der Waals surface area contributed by atoms with Crippen LogP contribution >= 0.6 is 0 Å². The summed E-state index contributed by atoms with van der Waals surface area (Å²) in [5.74, 6) is 0.463. The molecular formula is C30H41FN4O2. The minimum atomic E-state index is -0.791. The van der Waals surface area contributed by atoms with Gasteiger partial charge >= 0.3 is 0 Å². The SMILES string of the molecule is CC/C=C(\OC)c1cc(F)c(=O)n(Cc2cccc(CN=C/C(=C\CC)NCC3CCN(C)CC3)c2)c1. The van der Waals surface area contributed by atoms with Crippen molar-refractivity contribution >= 4 is 12.0 Å². The van der Waals surface area contributed by atoms with Gasteiger partial charge in [-0.3, -0.25) is 9.79 Å². The highest BCUT2D eigenvalue weighted by molar-refractivity contribution is 5.77. The lowest BCUT2D eigenvalue weighted by Gasteiger charge is -2.29. The van der Waals surface area contributed by atoms with Crippen LogP contribution in [0.4, 0.5) is 4.39 Å².